The van der Waals surface area contributed by atoms with Crippen molar-refractivity contribution in [3.63, 3.8) is 0 Å². The number of piperidine rings is 1. The van der Waals surface area contributed by atoms with Crippen molar-refractivity contribution in [2.75, 3.05) is 32.8 Å². The zero-order valence-electron chi connectivity index (χ0n) is 17.2. The lowest BCUT2D eigenvalue weighted by Crippen LogP contribution is -2.42. The largest absolute Gasteiger partial charge is 0.490 e. The Labute approximate surface area is 167 Å². The fourth-order valence-corrected chi connectivity index (χ4v) is 3.20. The summed E-state index contributed by atoms with van der Waals surface area (Å²) < 4.78 is 11.2. The zero-order chi connectivity index (χ0) is 20.4. The smallest absolute Gasteiger partial charge is 0.246 e. The number of carbonyl (C=O) groups is 2. The van der Waals surface area contributed by atoms with Gasteiger partial charge in [0.15, 0.2) is 11.5 Å². The van der Waals surface area contributed by atoms with E-state index in [2.05, 4.69) is 5.32 Å². The van der Waals surface area contributed by atoms with Crippen LogP contribution in [0, 0.1) is 5.92 Å². The Morgan fingerprint density at radius 3 is 2.43 bits per heavy atom. The number of rotatable bonds is 9. The van der Waals surface area contributed by atoms with Gasteiger partial charge in [0, 0.05) is 31.6 Å². The molecule has 1 fully saturated rings. The molecule has 1 aromatic carbocycles. The van der Waals surface area contributed by atoms with E-state index in [9.17, 15) is 9.59 Å². The molecule has 0 atom stereocenters. The standard InChI is InChI=1S/C22H32N2O4/c1-4-13-23-22(26)18-11-14-24(15-12-18)21(25)10-8-17-7-9-19(27-5-2)20(16-17)28-6-3/h7-10,16,18H,4-6,11-15H2,1-3H3,(H,23,26)/b10-8+. The maximum Gasteiger partial charge on any atom is 0.246 e. The summed E-state index contributed by atoms with van der Waals surface area (Å²) in [6.07, 6.45) is 5.74. The van der Waals surface area contributed by atoms with Gasteiger partial charge in [-0.05, 0) is 56.9 Å². The zero-order valence-corrected chi connectivity index (χ0v) is 17.2. The second-order valence-electron chi connectivity index (χ2n) is 6.80. The van der Waals surface area contributed by atoms with E-state index in [1.54, 1.807) is 17.1 Å². The Kier molecular flexibility index (Phi) is 8.85. The lowest BCUT2D eigenvalue weighted by molar-refractivity contribution is -0.132. The van der Waals surface area contributed by atoms with Gasteiger partial charge in [0.2, 0.25) is 11.8 Å². The van der Waals surface area contributed by atoms with E-state index in [1.807, 2.05) is 39.0 Å². The predicted octanol–water partition coefficient (Wildman–Crippen LogP) is 3.26. The molecule has 1 N–H and O–H groups in total. The molecule has 1 saturated heterocycles. The second kappa shape index (κ2) is 11.4. The average molecular weight is 389 g/mol. The Balaban J connectivity index is 1.91. The van der Waals surface area contributed by atoms with Gasteiger partial charge in [0.1, 0.15) is 0 Å². The van der Waals surface area contributed by atoms with Crippen molar-refractivity contribution in [3.05, 3.63) is 29.8 Å². The Morgan fingerprint density at radius 1 is 1.11 bits per heavy atom. The number of nitrogens with zero attached hydrogens (tertiary/aromatic N) is 1. The molecule has 2 rings (SSSR count). The van der Waals surface area contributed by atoms with Gasteiger partial charge < -0.3 is 19.7 Å². The van der Waals surface area contributed by atoms with Gasteiger partial charge in [-0.2, -0.15) is 0 Å². The number of ether oxygens (including phenoxy) is 2. The van der Waals surface area contributed by atoms with E-state index >= 15 is 0 Å². The monoisotopic (exact) mass is 388 g/mol. The van der Waals surface area contributed by atoms with Gasteiger partial charge in [-0.1, -0.05) is 13.0 Å². The van der Waals surface area contributed by atoms with E-state index in [0.717, 1.165) is 12.0 Å². The van der Waals surface area contributed by atoms with Crippen molar-refractivity contribution < 1.29 is 19.1 Å². The van der Waals surface area contributed by atoms with Gasteiger partial charge in [0.25, 0.3) is 0 Å². The highest BCUT2D eigenvalue weighted by molar-refractivity contribution is 5.92. The van der Waals surface area contributed by atoms with Crippen molar-refractivity contribution in [1.29, 1.82) is 0 Å². The maximum atomic E-state index is 12.5. The van der Waals surface area contributed by atoms with Crippen LogP contribution in [0.15, 0.2) is 24.3 Å². The number of likely N-dealkylation sites (tertiary alicyclic amines) is 1. The molecule has 0 bridgehead atoms. The first-order chi connectivity index (χ1) is 13.6. The summed E-state index contributed by atoms with van der Waals surface area (Å²) in [4.78, 5) is 26.3. The third-order valence-electron chi connectivity index (χ3n) is 4.71. The number of nitrogens with one attached hydrogen (secondary N) is 1. The lowest BCUT2D eigenvalue weighted by atomic mass is 9.96. The Morgan fingerprint density at radius 2 is 1.79 bits per heavy atom. The van der Waals surface area contributed by atoms with Crippen LogP contribution in [0.5, 0.6) is 11.5 Å². The summed E-state index contributed by atoms with van der Waals surface area (Å²) >= 11 is 0. The van der Waals surface area contributed by atoms with Crippen LogP contribution in [-0.4, -0.2) is 49.6 Å². The van der Waals surface area contributed by atoms with Crippen LogP contribution < -0.4 is 14.8 Å². The summed E-state index contributed by atoms with van der Waals surface area (Å²) in [6.45, 7) is 8.95. The van der Waals surface area contributed by atoms with Crippen LogP contribution in [0.25, 0.3) is 6.08 Å². The molecule has 0 saturated carbocycles. The minimum atomic E-state index is -0.0285. The summed E-state index contributed by atoms with van der Waals surface area (Å²) in [7, 11) is 0. The molecule has 1 aliphatic heterocycles. The van der Waals surface area contributed by atoms with E-state index in [0.29, 0.717) is 57.2 Å². The van der Waals surface area contributed by atoms with Gasteiger partial charge in [-0.15, -0.1) is 0 Å². The van der Waals surface area contributed by atoms with Crippen LogP contribution in [-0.2, 0) is 9.59 Å². The SMILES string of the molecule is CCCNC(=O)C1CCN(C(=O)/C=C/c2ccc(OCC)c(OCC)c2)CC1. The molecule has 0 radical (unpaired) electrons. The van der Waals surface area contributed by atoms with Crippen molar-refractivity contribution in [1.82, 2.24) is 10.2 Å². The first-order valence-electron chi connectivity index (χ1n) is 10.2. The average Bonchev–Trinajstić information content (AvgIpc) is 2.72. The minimum absolute atomic E-state index is 0.0134. The van der Waals surface area contributed by atoms with Gasteiger partial charge in [-0.3, -0.25) is 9.59 Å². The molecule has 1 aliphatic rings. The highest BCUT2D eigenvalue weighted by Crippen LogP contribution is 2.29. The van der Waals surface area contributed by atoms with Gasteiger partial charge in [0.05, 0.1) is 13.2 Å². The summed E-state index contributed by atoms with van der Waals surface area (Å²) in [5.74, 6) is 1.48. The highest BCUT2D eigenvalue weighted by Gasteiger charge is 2.26. The molecule has 2 amide bonds. The number of benzene rings is 1. The van der Waals surface area contributed by atoms with Crippen LogP contribution in [0.2, 0.25) is 0 Å². The van der Waals surface area contributed by atoms with Crippen molar-refractivity contribution >= 4 is 17.9 Å². The molecular formula is C22H32N2O4. The number of hydrogen-bond donors (Lipinski definition) is 1. The highest BCUT2D eigenvalue weighted by atomic mass is 16.5. The third-order valence-corrected chi connectivity index (χ3v) is 4.71. The first-order valence-corrected chi connectivity index (χ1v) is 10.2. The van der Waals surface area contributed by atoms with E-state index in [4.69, 9.17) is 9.47 Å². The molecule has 6 heteroatoms. The van der Waals surface area contributed by atoms with Crippen molar-refractivity contribution in [2.24, 2.45) is 5.92 Å². The van der Waals surface area contributed by atoms with Crippen LogP contribution in [0.3, 0.4) is 0 Å². The normalized spacial score (nSPS) is 14.9. The molecule has 0 aromatic heterocycles. The molecule has 0 spiro atoms. The summed E-state index contributed by atoms with van der Waals surface area (Å²) in [6, 6.07) is 5.64. The fraction of sp³-hybridized carbons (Fsp3) is 0.545. The van der Waals surface area contributed by atoms with Crippen LogP contribution >= 0.6 is 0 Å². The predicted molar refractivity (Wildman–Crippen MR) is 110 cm³/mol. The first kappa shape index (κ1) is 21.8. The molecule has 0 aliphatic carbocycles. The van der Waals surface area contributed by atoms with E-state index in [1.165, 1.54) is 0 Å². The van der Waals surface area contributed by atoms with E-state index < -0.39 is 0 Å². The summed E-state index contributed by atoms with van der Waals surface area (Å²) in [5.41, 5.74) is 0.883. The maximum absolute atomic E-state index is 12.5. The van der Waals surface area contributed by atoms with E-state index in [-0.39, 0.29) is 17.7 Å². The fourth-order valence-electron chi connectivity index (χ4n) is 3.20. The van der Waals surface area contributed by atoms with Gasteiger partial charge in [-0.25, -0.2) is 0 Å². The van der Waals surface area contributed by atoms with Gasteiger partial charge >= 0.3 is 0 Å². The summed E-state index contributed by atoms with van der Waals surface area (Å²) in [5, 5.41) is 2.94. The van der Waals surface area contributed by atoms with Crippen molar-refractivity contribution in [2.45, 2.75) is 40.0 Å². The molecule has 1 aromatic rings. The molecule has 28 heavy (non-hydrogen) atoms. The molecular weight excluding hydrogens is 356 g/mol. The number of amides is 2. The van der Waals surface area contributed by atoms with Crippen LogP contribution in [0.4, 0.5) is 0 Å². The number of hydrogen-bond acceptors (Lipinski definition) is 4. The third kappa shape index (κ3) is 6.29. The molecule has 154 valence electrons. The van der Waals surface area contributed by atoms with Crippen LogP contribution in [0.1, 0.15) is 45.6 Å². The second-order valence-corrected chi connectivity index (χ2v) is 6.80. The quantitative estimate of drug-likeness (QED) is 0.660. The Hall–Kier alpha value is -2.50. The van der Waals surface area contributed by atoms with Crippen molar-refractivity contribution in [3.8, 4) is 11.5 Å². The topological polar surface area (TPSA) is 67.9 Å². The number of carbonyl (C=O) groups excluding carboxylic acids is 2. The minimum Gasteiger partial charge on any atom is -0.490 e. The molecule has 6 nitrogen and oxygen atoms in total. The Bertz CT molecular complexity index is 679. The lowest BCUT2D eigenvalue weighted by Gasteiger charge is -2.30. The molecule has 1 heterocycles. The molecule has 0 unspecified atom stereocenters.